The molecule has 166 valence electrons. The van der Waals surface area contributed by atoms with Gasteiger partial charge in [-0.25, -0.2) is 13.1 Å². The van der Waals surface area contributed by atoms with Crippen molar-refractivity contribution in [2.45, 2.75) is 32.2 Å². The summed E-state index contributed by atoms with van der Waals surface area (Å²) in [5.74, 6) is 0.826. The lowest BCUT2D eigenvalue weighted by Crippen LogP contribution is -2.18. The fraction of sp³-hybridized carbons (Fsp3) is 0.280. The van der Waals surface area contributed by atoms with Crippen molar-refractivity contribution in [2.75, 3.05) is 16.8 Å². The topological polar surface area (TPSA) is 81.1 Å². The van der Waals surface area contributed by atoms with Crippen LogP contribution in [-0.2, 0) is 14.6 Å². The minimum Gasteiger partial charge on any atom is -0.307 e. The number of nitrogens with zero attached hydrogens (tertiary/aromatic N) is 2. The second kappa shape index (κ2) is 9.12. The maximum Gasteiger partial charge on any atom is 0.249 e. The summed E-state index contributed by atoms with van der Waals surface area (Å²) in [5.41, 5.74) is 3.78. The molecule has 1 fully saturated rings. The molecule has 3 aromatic rings. The molecule has 1 aliphatic rings. The first kappa shape index (κ1) is 22.0. The Labute approximate surface area is 188 Å². The first-order chi connectivity index (χ1) is 15.3. The van der Waals surface area contributed by atoms with E-state index in [1.165, 1.54) is 11.6 Å². The number of carbonyl (C=O) groups excluding carboxylic acids is 1. The fourth-order valence-electron chi connectivity index (χ4n) is 3.82. The maximum atomic E-state index is 12.6. The first-order valence-electron chi connectivity index (χ1n) is 10.8. The number of amides is 1. The molecule has 0 saturated carbocycles. The Morgan fingerprint density at radius 2 is 1.84 bits per heavy atom. The molecule has 1 aliphatic heterocycles. The minimum atomic E-state index is -3.09. The zero-order valence-corrected chi connectivity index (χ0v) is 19.0. The summed E-state index contributed by atoms with van der Waals surface area (Å²) in [5, 5.41) is 7.52. The van der Waals surface area contributed by atoms with Crippen LogP contribution in [0.1, 0.15) is 43.4 Å². The van der Waals surface area contributed by atoms with E-state index in [0.717, 1.165) is 11.1 Å². The van der Waals surface area contributed by atoms with Crippen LogP contribution in [0, 0.1) is 0 Å². The van der Waals surface area contributed by atoms with E-state index >= 15 is 0 Å². The summed E-state index contributed by atoms with van der Waals surface area (Å²) in [6.45, 7) is 4.28. The molecule has 7 heteroatoms. The molecule has 1 amide bonds. The van der Waals surface area contributed by atoms with Crippen LogP contribution in [0.3, 0.4) is 0 Å². The van der Waals surface area contributed by atoms with Crippen LogP contribution < -0.4 is 5.32 Å². The van der Waals surface area contributed by atoms with Gasteiger partial charge in [-0.2, -0.15) is 5.10 Å². The van der Waals surface area contributed by atoms with E-state index in [2.05, 4.69) is 36.4 Å². The SMILES string of the molecule is CC(C)c1ccc(/C=C/C(=O)Nc2cc(-c3ccccc3)nn2[C@@H]2CCS(=O)(=O)C2)cc1. The van der Waals surface area contributed by atoms with Gasteiger partial charge in [0.15, 0.2) is 9.84 Å². The van der Waals surface area contributed by atoms with Gasteiger partial charge in [0, 0.05) is 17.7 Å². The summed E-state index contributed by atoms with van der Waals surface area (Å²) in [7, 11) is -3.09. The van der Waals surface area contributed by atoms with Crippen molar-refractivity contribution in [2.24, 2.45) is 0 Å². The molecule has 4 rings (SSSR count). The van der Waals surface area contributed by atoms with Gasteiger partial charge in [0.05, 0.1) is 23.2 Å². The highest BCUT2D eigenvalue weighted by atomic mass is 32.2. The summed E-state index contributed by atoms with van der Waals surface area (Å²) in [6.07, 6.45) is 3.73. The lowest BCUT2D eigenvalue weighted by Gasteiger charge is -2.13. The number of hydrogen-bond donors (Lipinski definition) is 1. The number of aromatic nitrogens is 2. The monoisotopic (exact) mass is 449 g/mol. The van der Waals surface area contributed by atoms with Gasteiger partial charge in [0.2, 0.25) is 5.91 Å². The van der Waals surface area contributed by atoms with E-state index in [9.17, 15) is 13.2 Å². The predicted molar refractivity (Wildman–Crippen MR) is 128 cm³/mol. The second-order valence-electron chi connectivity index (χ2n) is 8.43. The Kier molecular flexibility index (Phi) is 6.28. The Bertz CT molecular complexity index is 1230. The van der Waals surface area contributed by atoms with Crippen molar-refractivity contribution in [3.63, 3.8) is 0 Å². The van der Waals surface area contributed by atoms with Crippen molar-refractivity contribution < 1.29 is 13.2 Å². The highest BCUT2D eigenvalue weighted by Crippen LogP contribution is 2.30. The van der Waals surface area contributed by atoms with E-state index in [1.807, 2.05) is 42.5 Å². The molecule has 0 bridgehead atoms. The Morgan fingerprint density at radius 1 is 1.12 bits per heavy atom. The van der Waals surface area contributed by atoms with Crippen LogP contribution in [0.4, 0.5) is 5.82 Å². The molecule has 32 heavy (non-hydrogen) atoms. The lowest BCUT2D eigenvalue weighted by molar-refractivity contribution is -0.111. The molecule has 0 aliphatic carbocycles. The molecular formula is C25H27N3O3S. The third kappa shape index (κ3) is 5.16. The summed E-state index contributed by atoms with van der Waals surface area (Å²) >= 11 is 0. The molecule has 0 unspecified atom stereocenters. The lowest BCUT2D eigenvalue weighted by atomic mass is 10.0. The molecular weight excluding hydrogens is 422 g/mol. The van der Waals surface area contributed by atoms with Gasteiger partial charge in [0.25, 0.3) is 0 Å². The maximum absolute atomic E-state index is 12.6. The number of nitrogens with one attached hydrogen (secondary N) is 1. The van der Waals surface area contributed by atoms with E-state index < -0.39 is 9.84 Å². The van der Waals surface area contributed by atoms with Crippen molar-refractivity contribution in [3.05, 3.63) is 77.9 Å². The molecule has 0 spiro atoms. The number of sulfone groups is 1. The number of benzene rings is 2. The average Bonchev–Trinajstić information content (AvgIpc) is 3.36. The molecule has 1 saturated heterocycles. The highest BCUT2D eigenvalue weighted by molar-refractivity contribution is 7.91. The smallest absolute Gasteiger partial charge is 0.249 e. The van der Waals surface area contributed by atoms with E-state index in [1.54, 1.807) is 16.8 Å². The van der Waals surface area contributed by atoms with Crippen molar-refractivity contribution >= 4 is 27.6 Å². The summed E-state index contributed by atoms with van der Waals surface area (Å²) in [6, 6.07) is 19.2. The Hall–Kier alpha value is -3.19. The molecule has 2 aromatic carbocycles. The Balaban J connectivity index is 1.56. The molecule has 1 N–H and O–H groups in total. The molecule has 1 aromatic heterocycles. The third-order valence-corrected chi connectivity index (χ3v) is 7.39. The van der Waals surface area contributed by atoms with Crippen molar-refractivity contribution in [1.82, 2.24) is 9.78 Å². The van der Waals surface area contributed by atoms with Crippen LogP contribution >= 0.6 is 0 Å². The quantitative estimate of drug-likeness (QED) is 0.554. The summed E-state index contributed by atoms with van der Waals surface area (Å²) in [4.78, 5) is 12.6. The number of anilines is 1. The van der Waals surface area contributed by atoms with Gasteiger partial charge in [-0.1, -0.05) is 68.4 Å². The third-order valence-electron chi connectivity index (χ3n) is 5.64. The number of hydrogen-bond acceptors (Lipinski definition) is 4. The van der Waals surface area contributed by atoms with Crippen LogP contribution in [0.15, 0.2) is 66.7 Å². The molecule has 0 radical (unpaired) electrons. The van der Waals surface area contributed by atoms with Gasteiger partial charge in [-0.15, -0.1) is 0 Å². The highest BCUT2D eigenvalue weighted by Gasteiger charge is 2.31. The largest absolute Gasteiger partial charge is 0.307 e. The standard InChI is InChI=1S/C25H27N3O3S/c1-18(2)20-11-8-19(9-12-20)10-13-25(29)26-24-16-23(21-6-4-3-5-7-21)27-28(24)22-14-15-32(30,31)17-22/h3-13,16,18,22H,14-15,17H2,1-2H3,(H,26,29)/b13-10+/t22-/m1/s1. The van der Waals surface area contributed by atoms with Gasteiger partial charge < -0.3 is 5.32 Å². The first-order valence-corrected chi connectivity index (χ1v) is 12.6. The number of rotatable bonds is 6. The Morgan fingerprint density at radius 3 is 2.47 bits per heavy atom. The average molecular weight is 450 g/mol. The molecule has 6 nitrogen and oxygen atoms in total. The zero-order valence-electron chi connectivity index (χ0n) is 18.2. The zero-order chi connectivity index (χ0) is 22.7. The van der Waals surface area contributed by atoms with Crippen molar-refractivity contribution in [1.29, 1.82) is 0 Å². The molecule has 2 heterocycles. The van der Waals surface area contributed by atoms with Crippen LogP contribution in [0.25, 0.3) is 17.3 Å². The van der Waals surface area contributed by atoms with Gasteiger partial charge in [0.1, 0.15) is 5.82 Å². The number of carbonyl (C=O) groups is 1. The van der Waals surface area contributed by atoms with Crippen LogP contribution in [0.2, 0.25) is 0 Å². The van der Waals surface area contributed by atoms with Gasteiger partial charge in [-0.05, 0) is 29.5 Å². The fourth-order valence-corrected chi connectivity index (χ4v) is 5.51. The van der Waals surface area contributed by atoms with Gasteiger partial charge in [-0.3, -0.25) is 4.79 Å². The molecule has 1 atom stereocenters. The van der Waals surface area contributed by atoms with Crippen molar-refractivity contribution in [3.8, 4) is 11.3 Å². The van der Waals surface area contributed by atoms with Gasteiger partial charge >= 0.3 is 0 Å². The normalized spacial score (nSPS) is 17.8. The van der Waals surface area contributed by atoms with E-state index in [0.29, 0.717) is 23.9 Å². The van der Waals surface area contributed by atoms with Crippen LogP contribution in [0.5, 0.6) is 0 Å². The van der Waals surface area contributed by atoms with E-state index in [-0.39, 0.29) is 23.5 Å². The van der Waals surface area contributed by atoms with Crippen LogP contribution in [-0.4, -0.2) is 35.6 Å². The second-order valence-corrected chi connectivity index (χ2v) is 10.7. The van der Waals surface area contributed by atoms with E-state index in [4.69, 9.17) is 0 Å². The summed E-state index contributed by atoms with van der Waals surface area (Å²) < 4.78 is 25.7. The minimum absolute atomic E-state index is 0.0316. The predicted octanol–water partition coefficient (Wildman–Crippen LogP) is 4.69.